The predicted molar refractivity (Wildman–Crippen MR) is 99.2 cm³/mol. The summed E-state index contributed by atoms with van der Waals surface area (Å²) in [7, 11) is 0. The molecule has 0 bridgehead atoms. The van der Waals surface area contributed by atoms with Gasteiger partial charge in [0, 0.05) is 31.0 Å². The van der Waals surface area contributed by atoms with Gasteiger partial charge in [0.25, 0.3) is 0 Å². The molecule has 148 valence electrons. The normalized spacial score (nSPS) is 16.2. The van der Waals surface area contributed by atoms with Crippen LogP contribution in [0.15, 0.2) is 34.9 Å². The number of Topliss-reactive ketones (excluding diaryl/α,β-unsaturated/α-hetero) is 1. The summed E-state index contributed by atoms with van der Waals surface area (Å²) in [5.74, 6) is -0.0645. The van der Waals surface area contributed by atoms with Crippen molar-refractivity contribution in [3.05, 3.63) is 47.5 Å². The highest BCUT2D eigenvalue weighted by molar-refractivity contribution is 5.97. The maximum absolute atomic E-state index is 12.9. The third-order valence-corrected chi connectivity index (χ3v) is 4.72. The topological polar surface area (TPSA) is 92.5 Å². The number of hydrogen-bond acceptors (Lipinski definition) is 5. The molecule has 1 N–H and O–H groups in total. The van der Waals surface area contributed by atoms with Crippen LogP contribution in [0.4, 0.5) is 10.2 Å². The summed E-state index contributed by atoms with van der Waals surface area (Å²) in [6.45, 7) is 2.24. The fraction of sp³-hybridized carbons (Fsp3) is 0.400. The van der Waals surface area contributed by atoms with E-state index < -0.39 is 11.9 Å². The van der Waals surface area contributed by atoms with Crippen LogP contribution in [0, 0.1) is 12.7 Å². The summed E-state index contributed by atoms with van der Waals surface area (Å²) in [5.41, 5.74) is 0.426. The Morgan fingerprint density at radius 2 is 2.00 bits per heavy atom. The van der Waals surface area contributed by atoms with Gasteiger partial charge in [-0.1, -0.05) is 5.16 Å². The van der Waals surface area contributed by atoms with Crippen molar-refractivity contribution in [2.75, 3.05) is 11.9 Å². The molecule has 0 aliphatic carbocycles. The van der Waals surface area contributed by atoms with Crippen LogP contribution in [0.5, 0.6) is 0 Å². The van der Waals surface area contributed by atoms with E-state index in [1.165, 1.54) is 24.3 Å². The lowest BCUT2D eigenvalue weighted by atomic mass is 10.0. The van der Waals surface area contributed by atoms with Crippen molar-refractivity contribution in [3.8, 4) is 0 Å². The summed E-state index contributed by atoms with van der Waals surface area (Å²) in [5, 5.41) is 6.40. The summed E-state index contributed by atoms with van der Waals surface area (Å²) < 4.78 is 17.8. The minimum Gasteiger partial charge on any atom is -0.360 e. The third-order valence-electron chi connectivity index (χ3n) is 4.72. The van der Waals surface area contributed by atoms with Crippen molar-refractivity contribution in [2.45, 2.75) is 45.1 Å². The van der Waals surface area contributed by atoms with Gasteiger partial charge in [-0.2, -0.15) is 0 Å². The van der Waals surface area contributed by atoms with Crippen LogP contribution in [0.2, 0.25) is 0 Å². The molecule has 1 atom stereocenters. The number of carbonyl (C=O) groups excluding carboxylic acids is 3. The van der Waals surface area contributed by atoms with Gasteiger partial charge < -0.3 is 14.7 Å². The number of likely N-dealkylation sites (tertiary alicyclic amines) is 1. The van der Waals surface area contributed by atoms with Crippen molar-refractivity contribution in [1.29, 1.82) is 0 Å². The van der Waals surface area contributed by atoms with Gasteiger partial charge in [0.05, 0.1) is 0 Å². The molecule has 28 heavy (non-hydrogen) atoms. The molecule has 1 fully saturated rings. The first kappa shape index (κ1) is 19.7. The fourth-order valence-electron chi connectivity index (χ4n) is 3.30. The number of carbonyl (C=O) groups is 3. The van der Waals surface area contributed by atoms with Crippen LogP contribution < -0.4 is 5.32 Å². The number of aryl methyl sites for hydroxylation is 1. The zero-order chi connectivity index (χ0) is 20.1. The molecular formula is C20H22FN3O4. The first-order valence-electron chi connectivity index (χ1n) is 9.26. The van der Waals surface area contributed by atoms with E-state index in [4.69, 9.17) is 4.52 Å². The molecule has 2 aromatic rings. The standard InChI is InChI=1S/C20H22FN3O4/c1-13-12-18(23-28-13)22-20(27)16-4-3-11-24(16)19(26)6-2-5-17(25)14-7-9-15(21)10-8-14/h7-10,12,16H,2-6,11H2,1H3,(H,22,23,27)/t16-/m0/s1. The maximum atomic E-state index is 12.9. The van der Waals surface area contributed by atoms with Crippen LogP contribution in [0.25, 0.3) is 0 Å². The van der Waals surface area contributed by atoms with Gasteiger partial charge in [0.2, 0.25) is 11.8 Å². The first-order chi connectivity index (χ1) is 13.4. The Hall–Kier alpha value is -3.03. The highest BCUT2D eigenvalue weighted by Crippen LogP contribution is 2.21. The van der Waals surface area contributed by atoms with Gasteiger partial charge in [0.15, 0.2) is 11.6 Å². The quantitative estimate of drug-likeness (QED) is 0.737. The molecule has 0 spiro atoms. The number of hydrogen-bond donors (Lipinski definition) is 1. The molecular weight excluding hydrogens is 365 g/mol. The Balaban J connectivity index is 1.49. The molecule has 2 amide bonds. The van der Waals surface area contributed by atoms with E-state index in [-0.39, 0.29) is 30.4 Å². The Morgan fingerprint density at radius 1 is 1.25 bits per heavy atom. The van der Waals surface area contributed by atoms with Crippen LogP contribution in [0.3, 0.4) is 0 Å². The van der Waals surface area contributed by atoms with Gasteiger partial charge in [-0.15, -0.1) is 0 Å². The zero-order valence-electron chi connectivity index (χ0n) is 15.6. The summed E-state index contributed by atoms with van der Waals surface area (Å²) in [6, 6.07) is 6.42. The van der Waals surface area contributed by atoms with Crippen LogP contribution in [-0.4, -0.2) is 40.2 Å². The predicted octanol–water partition coefficient (Wildman–Crippen LogP) is 3.10. The Bertz CT molecular complexity index is 863. The molecule has 3 rings (SSSR count). The highest BCUT2D eigenvalue weighted by atomic mass is 19.1. The van der Waals surface area contributed by atoms with E-state index in [1.807, 2.05) is 0 Å². The second-order valence-electron chi connectivity index (χ2n) is 6.84. The number of anilines is 1. The van der Waals surface area contributed by atoms with E-state index in [1.54, 1.807) is 17.9 Å². The number of amides is 2. The molecule has 1 aromatic heterocycles. The van der Waals surface area contributed by atoms with Crippen LogP contribution in [-0.2, 0) is 9.59 Å². The lowest BCUT2D eigenvalue weighted by Crippen LogP contribution is -2.43. The van der Waals surface area contributed by atoms with Crippen molar-refractivity contribution in [3.63, 3.8) is 0 Å². The van der Waals surface area contributed by atoms with Gasteiger partial charge >= 0.3 is 0 Å². The average molecular weight is 387 g/mol. The number of nitrogens with zero attached hydrogens (tertiary/aromatic N) is 2. The number of rotatable bonds is 7. The summed E-state index contributed by atoms with van der Waals surface area (Å²) in [4.78, 5) is 38.7. The molecule has 8 heteroatoms. The van der Waals surface area contributed by atoms with Gasteiger partial charge in [-0.05, 0) is 50.5 Å². The highest BCUT2D eigenvalue weighted by Gasteiger charge is 2.34. The Labute approximate surface area is 161 Å². The lowest BCUT2D eigenvalue weighted by molar-refractivity contribution is -0.136. The molecule has 0 unspecified atom stereocenters. The molecule has 2 heterocycles. The van der Waals surface area contributed by atoms with Gasteiger partial charge in [0.1, 0.15) is 17.6 Å². The van der Waals surface area contributed by atoms with Crippen molar-refractivity contribution in [2.24, 2.45) is 0 Å². The zero-order valence-corrected chi connectivity index (χ0v) is 15.6. The van der Waals surface area contributed by atoms with Crippen LogP contribution >= 0.6 is 0 Å². The minimum atomic E-state index is -0.544. The minimum absolute atomic E-state index is 0.134. The monoisotopic (exact) mass is 387 g/mol. The summed E-state index contributed by atoms with van der Waals surface area (Å²) in [6.07, 6.45) is 2.08. The number of halogens is 1. The van der Waals surface area contributed by atoms with Crippen molar-refractivity contribution in [1.82, 2.24) is 10.1 Å². The largest absolute Gasteiger partial charge is 0.360 e. The summed E-state index contributed by atoms with van der Waals surface area (Å²) >= 11 is 0. The number of aromatic nitrogens is 1. The van der Waals surface area contributed by atoms with Crippen LogP contribution in [0.1, 0.15) is 48.2 Å². The van der Waals surface area contributed by atoms with Gasteiger partial charge in [-0.25, -0.2) is 4.39 Å². The smallest absolute Gasteiger partial charge is 0.248 e. The third kappa shape index (κ3) is 4.82. The SMILES string of the molecule is Cc1cc(NC(=O)[C@@H]2CCCN2C(=O)CCCC(=O)c2ccc(F)cc2)no1. The lowest BCUT2D eigenvalue weighted by Gasteiger charge is -2.23. The Morgan fingerprint density at radius 3 is 2.68 bits per heavy atom. The van der Waals surface area contributed by atoms with E-state index in [0.29, 0.717) is 36.5 Å². The molecule has 1 saturated heterocycles. The van der Waals surface area contributed by atoms with Crippen molar-refractivity contribution < 1.29 is 23.3 Å². The second kappa shape index (κ2) is 8.77. The first-order valence-corrected chi connectivity index (χ1v) is 9.26. The number of benzene rings is 1. The molecule has 1 aliphatic rings. The molecule has 1 aromatic carbocycles. The second-order valence-corrected chi connectivity index (χ2v) is 6.84. The van der Waals surface area contributed by atoms with E-state index in [2.05, 4.69) is 10.5 Å². The fourth-order valence-corrected chi connectivity index (χ4v) is 3.30. The van der Waals surface area contributed by atoms with E-state index >= 15 is 0 Å². The maximum Gasteiger partial charge on any atom is 0.248 e. The molecule has 7 nitrogen and oxygen atoms in total. The average Bonchev–Trinajstić information content (AvgIpc) is 3.31. The molecule has 0 saturated carbocycles. The molecule has 0 radical (unpaired) electrons. The van der Waals surface area contributed by atoms with Gasteiger partial charge in [-0.3, -0.25) is 14.4 Å². The molecule has 1 aliphatic heterocycles. The Kier molecular flexibility index (Phi) is 6.18. The van der Waals surface area contributed by atoms with Crippen molar-refractivity contribution >= 4 is 23.4 Å². The number of nitrogens with one attached hydrogen (secondary N) is 1. The van der Waals surface area contributed by atoms with E-state index in [9.17, 15) is 18.8 Å². The van der Waals surface area contributed by atoms with E-state index in [0.717, 1.165) is 6.42 Å². The number of ketones is 1.